The van der Waals surface area contributed by atoms with Crippen molar-refractivity contribution in [2.45, 2.75) is 13.3 Å². The molecule has 0 saturated heterocycles. The molecular formula is C15H14O4. The molecule has 0 aliphatic carbocycles. The highest BCUT2D eigenvalue weighted by atomic mass is 16.5. The van der Waals surface area contributed by atoms with E-state index in [2.05, 4.69) is 0 Å². The van der Waals surface area contributed by atoms with Crippen LogP contribution < -0.4 is 4.74 Å². The zero-order chi connectivity index (χ0) is 13.7. The average Bonchev–Trinajstić information content (AvgIpc) is 2.94. The smallest absolute Gasteiger partial charge is 0.205 e. The van der Waals surface area contributed by atoms with Gasteiger partial charge in [-0.15, -0.1) is 0 Å². The monoisotopic (exact) mass is 258 g/mol. The molecule has 0 atom stereocenters. The summed E-state index contributed by atoms with van der Waals surface area (Å²) in [5, 5.41) is 0. The van der Waals surface area contributed by atoms with E-state index in [0.29, 0.717) is 17.9 Å². The van der Waals surface area contributed by atoms with Gasteiger partial charge in [-0.05, 0) is 43.3 Å². The Morgan fingerprint density at radius 1 is 1.11 bits per heavy atom. The molecule has 0 bridgehead atoms. The predicted molar refractivity (Wildman–Crippen MR) is 69.6 cm³/mol. The highest BCUT2D eigenvalue weighted by Gasteiger charge is 2.15. The highest BCUT2D eigenvalue weighted by molar-refractivity contribution is 6.12. The van der Waals surface area contributed by atoms with Crippen LogP contribution >= 0.6 is 0 Å². The molecule has 0 aliphatic heterocycles. The fraction of sp³-hybridized carbons (Fsp3) is 0.200. The van der Waals surface area contributed by atoms with Gasteiger partial charge in [-0.3, -0.25) is 9.59 Å². The number of hydrogen-bond acceptors (Lipinski definition) is 4. The molecule has 4 nitrogen and oxygen atoms in total. The Bertz CT molecular complexity index is 552. The first kappa shape index (κ1) is 13.1. The Kier molecular flexibility index (Phi) is 4.13. The minimum Gasteiger partial charge on any atom is -0.494 e. The zero-order valence-corrected chi connectivity index (χ0v) is 10.6. The number of ketones is 2. The van der Waals surface area contributed by atoms with Crippen LogP contribution in [0.1, 0.15) is 34.3 Å². The first-order valence-corrected chi connectivity index (χ1v) is 6.03. The Morgan fingerprint density at radius 3 is 2.42 bits per heavy atom. The van der Waals surface area contributed by atoms with Crippen LogP contribution in [0.25, 0.3) is 0 Å². The molecule has 1 aromatic heterocycles. The second kappa shape index (κ2) is 6.00. The van der Waals surface area contributed by atoms with Gasteiger partial charge in [-0.1, -0.05) is 0 Å². The van der Waals surface area contributed by atoms with Gasteiger partial charge in [-0.25, -0.2) is 0 Å². The van der Waals surface area contributed by atoms with E-state index in [4.69, 9.17) is 9.15 Å². The maximum atomic E-state index is 11.9. The van der Waals surface area contributed by atoms with Crippen molar-refractivity contribution in [3.8, 4) is 5.75 Å². The first-order valence-electron chi connectivity index (χ1n) is 6.03. The standard InChI is InChI=1S/C15H14O4/c1-2-18-12-7-5-11(6-8-12)13(16)10-14(17)15-4-3-9-19-15/h3-9H,2,10H2,1H3. The number of rotatable bonds is 6. The van der Waals surface area contributed by atoms with Crippen molar-refractivity contribution in [2.24, 2.45) is 0 Å². The number of carbonyl (C=O) groups is 2. The molecule has 0 radical (unpaired) electrons. The molecule has 0 N–H and O–H groups in total. The normalized spacial score (nSPS) is 10.2. The zero-order valence-electron chi connectivity index (χ0n) is 10.6. The number of benzene rings is 1. The van der Waals surface area contributed by atoms with Crippen LogP contribution in [-0.2, 0) is 0 Å². The molecule has 19 heavy (non-hydrogen) atoms. The van der Waals surface area contributed by atoms with E-state index >= 15 is 0 Å². The summed E-state index contributed by atoms with van der Waals surface area (Å²) < 4.78 is 10.2. The van der Waals surface area contributed by atoms with Crippen LogP contribution in [0.2, 0.25) is 0 Å². The van der Waals surface area contributed by atoms with Gasteiger partial charge in [0.2, 0.25) is 5.78 Å². The van der Waals surface area contributed by atoms with Crippen molar-refractivity contribution in [1.82, 2.24) is 0 Å². The largest absolute Gasteiger partial charge is 0.494 e. The molecule has 0 saturated carbocycles. The molecule has 0 amide bonds. The molecule has 0 aliphatic rings. The summed E-state index contributed by atoms with van der Waals surface area (Å²) in [5.74, 6) is 0.365. The third kappa shape index (κ3) is 3.31. The van der Waals surface area contributed by atoms with Gasteiger partial charge in [0.05, 0.1) is 19.3 Å². The Morgan fingerprint density at radius 2 is 1.84 bits per heavy atom. The quantitative estimate of drug-likeness (QED) is 0.590. The highest BCUT2D eigenvalue weighted by Crippen LogP contribution is 2.14. The summed E-state index contributed by atoms with van der Waals surface area (Å²) in [7, 11) is 0. The van der Waals surface area contributed by atoms with E-state index in [1.165, 1.54) is 6.26 Å². The summed E-state index contributed by atoms with van der Waals surface area (Å²) in [6, 6.07) is 9.91. The van der Waals surface area contributed by atoms with Crippen LogP contribution in [-0.4, -0.2) is 18.2 Å². The van der Waals surface area contributed by atoms with Crippen LogP contribution in [0, 0.1) is 0 Å². The van der Waals surface area contributed by atoms with E-state index in [9.17, 15) is 9.59 Å². The number of carbonyl (C=O) groups excluding carboxylic acids is 2. The summed E-state index contributed by atoms with van der Waals surface area (Å²) in [6.45, 7) is 2.46. The van der Waals surface area contributed by atoms with Gasteiger partial charge >= 0.3 is 0 Å². The van der Waals surface area contributed by atoms with E-state index in [1.807, 2.05) is 6.92 Å². The lowest BCUT2D eigenvalue weighted by Crippen LogP contribution is -2.07. The van der Waals surface area contributed by atoms with Crippen LogP contribution in [0.5, 0.6) is 5.75 Å². The summed E-state index contributed by atoms with van der Waals surface area (Å²) in [5.41, 5.74) is 0.489. The number of furan rings is 1. The molecule has 1 aromatic carbocycles. The van der Waals surface area contributed by atoms with Crippen molar-refractivity contribution >= 4 is 11.6 Å². The van der Waals surface area contributed by atoms with Gasteiger partial charge in [-0.2, -0.15) is 0 Å². The van der Waals surface area contributed by atoms with E-state index in [0.717, 1.165) is 0 Å². The van der Waals surface area contributed by atoms with Crippen molar-refractivity contribution < 1.29 is 18.7 Å². The van der Waals surface area contributed by atoms with Crippen molar-refractivity contribution in [1.29, 1.82) is 0 Å². The lowest BCUT2D eigenvalue weighted by atomic mass is 10.0. The molecule has 4 heteroatoms. The molecule has 98 valence electrons. The topological polar surface area (TPSA) is 56.5 Å². The van der Waals surface area contributed by atoms with E-state index < -0.39 is 0 Å². The minimum atomic E-state index is -0.316. The molecular weight excluding hydrogens is 244 g/mol. The van der Waals surface area contributed by atoms with E-state index in [1.54, 1.807) is 36.4 Å². The van der Waals surface area contributed by atoms with Crippen molar-refractivity contribution in [2.75, 3.05) is 6.61 Å². The molecule has 2 rings (SSSR count). The Balaban J connectivity index is 2.01. The van der Waals surface area contributed by atoms with Gasteiger partial charge in [0, 0.05) is 5.56 Å². The molecule has 2 aromatic rings. The average molecular weight is 258 g/mol. The number of hydrogen-bond donors (Lipinski definition) is 0. The summed E-state index contributed by atoms with van der Waals surface area (Å²) in [4.78, 5) is 23.6. The summed E-state index contributed by atoms with van der Waals surface area (Å²) in [6.07, 6.45) is 1.22. The molecule has 1 heterocycles. The second-order valence-electron chi connectivity index (χ2n) is 3.96. The van der Waals surface area contributed by atoms with Crippen molar-refractivity contribution in [3.63, 3.8) is 0 Å². The lowest BCUT2D eigenvalue weighted by molar-refractivity contribution is 0.0878. The molecule has 0 spiro atoms. The first-order chi connectivity index (χ1) is 9.20. The van der Waals surface area contributed by atoms with Crippen LogP contribution in [0.15, 0.2) is 47.1 Å². The van der Waals surface area contributed by atoms with Crippen LogP contribution in [0.4, 0.5) is 0 Å². The predicted octanol–water partition coefficient (Wildman–Crippen LogP) is 3.13. The van der Waals surface area contributed by atoms with Gasteiger partial charge < -0.3 is 9.15 Å². The van der Waals surface area contributed by atoms with E-state index in [-0.39, 0.29) is 23.7 Å². The molecule has 0 fully saturated rings. The third-order valence-corrected chi connectivity index (χ3v) is 2.60. The third-order valence-electron chi connectivity index (χ3n) is 2.60. The maximum absolute atomic E-state index is 11.9. The van der Waals surface area contributed by atoms with Crippen LogP contribution in [0.3, 0.4) is 0 Å². The fourth-order valence-electron chi connectivity index (χ4n) is 1.68. The lowest BCUT2D eigenvalue weighted by Gasteiger charge is -2.04. The Labute approximate surface area is 111 Å². The maximum Gasteiger partial charge on any atom is 0.205 e. The SMILES string of the molecule is CCOc1ccc(C(=O)CC(=O)c2ccco2)cc1. The van der Waals surface area contributed by atoms with Crippen molar-refractivity contribution in [3.05, 3.63) is 54.0 Å². The summed E-state index contributed by atoms with van der Waals surface area (Å²) >= 11 is 0. The van der Waals surface area contributed by atoms with Gasteiger partial charge in [0.15, 0.2) is 11.5 Å². The molecule has 0 unspecified atom stereocenters. The fourth-order valence-corrected chi connectivity index (χ4v) is 1.68. The van der Waals surface area contributed by atoms with Gasteiger partial charge in [0.25, 0.3) is 0 Å². The number of Topliss-reactive ketones (excluding diaryl/α,β-unsaturated/α-hetero) is 2. The Hall–Kier alpha value is -2.36. The van der Waals surface area contributed by atoms with Gasteiger partial charge in [0.1, 0.15) is 5.75 Å². The number of ether oxygens (including phenoxy) is 1. The minimum absolute atomic E-state index is 0.193. The second-order valence-corrected chi connectivity index (χ2v) is 3.96.